The fourth-order valence-corrected chi connectivity index (χ4v) is 3.71. The van der Waals surface area contributed by atoms with Crippen LogP contribution in [0.1, 0.15) is 47.0 Å². The molecule has 0 spiro atoms. The van der Waals surface area contributed by atoms with Gasteiger partial charge in [0.25, 0.3) is 5.56 Å². The van der Waals surface area contributed by atoms with Gasteiger partial charge in [-0.05, 0) is 62.3 Å². The highest BCUT2D eigenvalue weighted by Gasteiger charge is 2.26. The smallest absolute Gasteiger partial charge is 0.262 e. The predicted octanol–water partition coefficient (Wildman–Crippen LogP) is 4.80. The van der Waals surface area contributed by atoms with Crippen LogP contribution in [0.4, 0.5) is 5.95 Å². The number of fused-ring (bicyclic) bond motifs is 1. The minimum Gasteiger partial charge on any atom is -0.280 e. The molecule has 1 aromatic carbocycles. The van der Waals surface area contributed by atoms with Crippen molar-refractivity contribution in [3.63, 3.8) is 0 Å². The lowest BCUT2D eigenvalue weighted by Gasteiger charge is -2.32. The molecule has 0 aliphatic heterocycles. The number of rotatable bonds is 4. The van der Waals surface area contributed by atoms with Crippen LogP contribution in [-0.4, -0.2) is 15.3 Å². The van der Waals surface area contributed by atoms with E-state index in [9.17, 15) is 4.79 Å². The molecule has 0 unspecified atom stereocenters. The Hall–Kier alpha value is -2.69. The maximum atomic E-state index is 12.4. The monoisotopic (exact) mass is 364 g/mol. The summed E-state index contributed by atoms with van der Waals surface area (Å²) in [6, 6.07) is 7.33. The molecule has 0 radical (unpaired) electrons. The molecule has 0 fully saturated rings. The molecule has 27 heavy (non-hydrogen) atoms. The first-order chi connectivity index (χ1) is 12.8. The molecule has 0 saturated heterocycles. The Morgan fingerprint density at radius 1 is 1.33 bits per heavy atom. The van der Waals surface area contributed by atoms with Crippen molar-refractivity contribution in [2.24, 2.45) is 17.6 Å². The number of hydrogen-bond donors (Lipinski definition) is 1. The highest BCUT2D eigenvalue weighted by Crippen LogP contribution is 2.40. The van der Waals surface area contributed by atoms with Crippen molar-refractivity contribution in [1.82, 2.24) is 9.55 Å². The number of nitrogens with one attached hydrogen (secondary N) is 1. The van der Waals surface area contributed by atoms with Crippen LogP contribution in [-0.2, 0) is 7.05 Å². The van der Waals surface area contributed by atoms with E-state index in [-0.39, 0.29) is 11.0 Å². The summed E-state index contributed by atoms with van der Waals surface area (Å²) in [5, 5.41) is 5.00. The maximum Gasteiger partial charge on any atom is 0.262 e. The Morgan fingerprint density at radius 2 is 2.07 bits per heavy atom. The molecule has 1 N–H and O–H groups in total. The Morgan fingerprint density at radius 3 is 2.81 bits per heavy atom. The molecule has 1 heterocycles. The van der Waals surface area contributed by atoms with Crippen molar-refractivity contribution < 1.29 is 0 Å². The van der Waals surface area contributed by atoms with E-state index in [2.05, 4.69) is 42.4 Å². The van der Waals surface area contributed by atoms with Gasteiger partial charge in [0.05, 0.1) is 16.6 Å². The van der Waals surface area contributed by atoms with Crippen LogP contribution < -0.4 is 11.0 Å². The predicted molar refractivity (Wildman–Crippen MR) is 113 cm³/mol. The summed E-state index contributed by atoms with van der Waals surface area (Å²) in [4.78, 5) is 17.0. The summed E-state index contributed by atoms with van der Waals surface area (Å²) in [6.07, 6.45) is 7.84. The van der Waals surface area contributed by atoms with Crippen LogP contribution in [0.3, 0.4) is 0 Å². The average molecular weight is 364 g/mol. The zero-order chi connectivity index (χ0) is 19.6. The van der Waals surface area contributed by atoms with Gasteiger partial charge in [-0.1, -0.05) is 37.6 Å². The van der Waals surface area contributed by atoms with Crippen LogP contribution in [0.5, 0.6) is 0 Å². The van der Waals surface area contributed by atoms with Crippen LogP contribution in [0, 0.1) is 5.41 Å². The molecule has 1 aliphatic rings. The van der Waals surface area contributed by atoms with E-state index in [0.29, 0.717) is 16.9 Å². The van der Waals surface area contributed by atoms with Gasteiger partial charge in [-0.3, -0.25) is 9.36 Å². The molecule has 0 bridgehead atoms. The van der Waals surface area contributed by atoms with Gasteiger partial charge in [0.2, 0.25) is 5.95 Å². The molecule has 142 valence electrons. The molecule has 1 aliphatic carbocycles. The van der Waals surface area contributed by atoms with Crippen LogP contribution in [0.2, 0.25) is 0 Å². The second kappa shape index (κ2) is 7.51. The minimum absolute atomic E-state index is 0.0868. The topological polar surface area (TPSA) is 59.3 Å². The first-order valence-electron chi connectivity index (χ1n) is 9.44. The van der Waals surface area contributed by atoms with E-state index in [1.165, 1.54) is 35.0 Å². The number of allylic oxidation sites excluding steroid dienone is 4. The third-order valence-corrected chi connectivity index (χ3v) is 5.35. The molecule has 5 heteroatoms. The minimum atomic E-state index is -0.0868. The van der Waals surface area contributed by atoms with Gasteiger partial charge < -0.3 is 0 Å². The summed E-state index contributed by atoms with van der Waals surface area (Å²) < 4.78 is 1.49. The number of benzene rings is 1. The van der Waals surface area contributed by atoms with Crippen LogP contribution in [0.25, 0.3) is 10.9 Å². The van der Waals surface area contributed by atoms with Crippen molar-refractivity contribution in [2.45, 2.75) is 47.0 Å². The van der Waals surface area contributed by atoms with E-state index in [1.54, 1.807) is 13.1 Å². The highest BCUT2D eigenvalue weighted by molar-refractivity contribution is 5.93. The largest absolute Gasteiger partial charge is 0.280 e. The summed E-state index contributed by atoms with van der Waals surface area (Å²) in [5.74, 6) is 0.430. The molecule has 0 atom stereocenters. The summed E-state index contributed by atoms with van der Waals surface area (Å²) in [5.41, 5.74) is 7.41. The summed E-state index contributed by atoms with van der Waals surface area (Å²) in [6.45, 7) is 8.76. The molecule has 5 nitrogen and oxygen atoms in total. The molecule has 0 saturated carbocycles. The van der Waals surface area contributed by atoms with Gasteiger partial charge >= 0.3 is 0 Å². The highest BCUT2D eigenvalue weighted by atomic mass is 16.1. The summed E-state index contributed by atoms with van der Waals surface area (Å²) >= 11 is 0. The first-order valence-corrected chi connectivity index (χ1v) is 9.44. The van der Waals surface area contributed by atoms with E-state index < -0.39 is 0 Å². The Balaban J connectivity index is 1.83. The molecule has 1 aromatic heterocycles. The lowest BCUT2D eigenvalue weighted by Crippen LogP contribution is -2.21. The second-order valence-corrected chi connectivity index (χ2v) is 7.95. The number of para-hydroxylation sites is 1. The lowest BCUT2D eigenvalue weighted by atomic mass is 9.72. The number of aromatic nitrogens is 2. The molecule has 2 aromatic rings. The van der Waals surface area contributed by atoms with Gasteiger partial charge in [0.15, 0.2) is 0 Å². The third kappa shape index (κ3) is 4.02. The Bertz CT molecular complexity index is 1010. The second-order valence-electron chi connectivity index (χ2n) is 7.95. The van der Waals surface area contributed by atoms with Crippen molar-refractivity contribution in [2.75, 3.05) is 5.43 Å². The van der Waals surface area contributed by atoms with Crippen molar-refractivity contribution in [3.8, 4) is 0 Å². The van der Waals surface area contributed by atoms with Crippen LogP contribution in [0.15, 0.2) is 57.5 Å². The maximum absolute atomic E-state index is 12.4. The molecular weight excluding hydrogens is 336 g/mol. The normalized spacial score (nSPS) is 17.7. The Labute approximate surface area is 160 Å². The van der Waals surface area contributed by atoms with Crippen LogP contribution >= 0.6 is 0 Å². The zero-order valence-electron chi connectivity index (χ0n) is 16.8. The van der Waals surface area contributed by atoms with E-state index in [4.69, 9.17) is 0 Å². The van der Waals surface area contributed by atoms with Gasteiger partial charge in [0.1, 0.15) is 0 Å². The quantitative estimate of drug-likeness (QED) is 0.626. The van der Waals surface area contributed by atoms with Crippen molar-refractivity contribution >= 4 is 22.6 Å². The van der Waals surface area contributed by atoms with E-state index in [0.717, 1.165) is 5.71 Å². The molecular formula is C22H28N4O. The first kappa shape index (κ1) is 19.1. The number of hydrazone groups is 1. The zero-order valence-corrected chi connectivity index (χ0v) is 16.8. The van der Waals surface area contributed by atoms with Gasteiger partial charge in [-0.15, -0.1) is 0 Å². The fraction of sp³-hybridized carbons (Fsp3) is 0.409. The van der Waals surface area contributed by atoms with Crippen molar-refractivity contribution in [1.29, 1.82) is 0 Å². The molecule has 0 amide bonds. The SMILES string of the molecule is CC(/C=C/C1=C(C)CCCC1(C)C)=NNc1nc2ccccc2c(=O)n1C. The third-order valence-electron chi connectivity index (χ3n) is 5.35. The number of nitrogens with zero attached hydrogens (tertiary/aromatic N) is 3. The van der Waals surface area contributed by atoms with E-state index in [1.807, 2.05) is 31.2 Å². The van der Waals surface area contributed by atoms with Gasteiger partial charge in [-0.25, -0.2) is 10.4 Å². The number of hydrogen-bond acceptors (Lipinski definition) is 4. The molecule has 3 rings (SSSR count). The average Bonchev–Trinajstić information content (AvgIpc) is 2.62. The van der Waals surface area contributed by atoms with Gasteiger partial charge in [0, 0.05) is 7.05 Å². The van der Waals surface area contributed by atoms with Gasteiger partial charge in [-0.2, -0.15) is 5.10 Å². The summed E-state index contributed by atoms with van der Waals surface area (Å²) in [7, 11) is 1.70. The van der Waals surface area contributed by atoms with Crippen molar-refractivity contribution in [3.05, 3.63) is 57.9 Å². The fourth-order valence-electron chi connectivity index (χ4n) is 3.71. The number of anilines is 1. The lowest BCUT2D eigenvalue weighted by molar-refractivity contribution is 0.377. The Kier molecular flexibility index (Phi) is 5.31. The van der Waals surface area contributed by atoms with E-state index >= 15 is 0 Å². The standard InChI is InChI=1S/C22H28N4O/c1-15-9-8-14-22(3,4)18(15)13-12-16(2)24-25-21-23-19-11-7-6-10-17(19)20(27)26(21)5/h6-7,10-13H,8-9,14H2,1-5H3,(H,23,25)/b13-12+,24-16?.